The third kappa shape index (κ3) is 2.34. The van der Waals surface area contributed by atoms with Crippen LogP contribution in [0.3, 0.4) is 0 Å². The summed E-state index contributed by atoms with van der Waals surface area (Å²) in [5.41, 5.74) is -0.502. The second-order valence-corrected chi connectivity index (χ2v) is 5.32. The fourth-order valence-electron chi connectivity index (χ4n) is 2.61. The summed E-state index contributed by atoms with van der Waals surface area (Å²) in [4.78, 5) is 37.7. The predicted molar refractivity (Wildman–Crippen MR) is 90.8 cm³/mol. The van der Waals surface area contributed by atoms with E-state index in [1.165, 1.54) is 20.2 Å². The number of H-pyrrole nitrogens is 1. The molecule has 0 saturated carbocycles. The van der Waals surface area contributed by atoms with E-state index in [0.717, 1.165) is 25.6 Å². The number of nitrogens with zero attached hydrogens (tertiary/aromatic N) is 3. The summed E-state index contributed by atoms with van der Waals surface area (Å²) in [7, 11) is 2.61. The first kappa shape index (κ1) is 15.5. The standard InChI is InChI=1S/C16H14N4O4/c1-18-13(14(20(23)24)15(21)19(2)16(18)22)8-7-10-9-17-12-6-4-3-5-11(10)12/h3-9,17H,1-2H3/b8-7+. The average molecular weight is 326 g/mol. The van der Waals surface area contributed by atoms with Crippen molar-refractivity contribution in [1.82, 2.24) is 14.1 Å². The third-order valence-corrected chi connectivity index (χ3v) is 3.91. The van der Waals surface area contributed by atoms with Crippen molar-refractivity contribution < 1.29 is 4.92 Å². The van der Waals surface area contributed by atoms with Gasteiger partial charge < -0.3 is 4.98 Å². The maximum absolute atomic E-state index is 12.0. The van der Waals surface area contributed by atoms with Gasteiger partial charge >= 0.3 is 16.9 Å². The Kier molecular flexibility index (Phi) is 3.64. The number of fused-ring (bicyclic) bond motifs is 1. The van der Waals surface area contributed by atoms with Crippen LogP contribution in [0.1, 0.15) is 11.3 Å². The third-order valence-electron chi connectivity index (χ3n) is 3.91. The maximum atomic E-state index is 12.0. The molecule has 3 rings (SSSR count). The molecule has 0 fully saturated rings. The van der Waals surface area contributed by atoms with Gasteiger partial charge in [-0.2, -0.15) is 0 Å². The fourth-order valence-corrected chi connectivity index (χ4v) is 2.61. The molecule has 0 spiro atoms. The number of para-hydroxylation sites is 1. The van der Waals surface area contributed by atoms with E-state index >= 15 is 0 Å². The van der Waals surface area contributed by atoms with Crippen molar-refractivity contribution in [2.45, 2.75) is 0 Å². The van der Waals surface area contributed by atoms with Crippen molar-refractivity contribution in [1.29, 1.82) is 0 Å². The van der Waals surface area contributed by atoms with Crippen molar-refractivity contribution in [3.05, 3.63) is 72.7 Å². The maximum Gasteiger partial charge on any atom is 0.357 e. The summed E-state index contributed by atoms with van der Waals surface area (Å²) >= 11 is 0. The van der Waals surface area contributed by atoms with Crippen LogP contribution in [-0.2, 0) is 14.1 Å². The number of aromatic amines is 1. The molecule has 8 nitrogen and oxygen atoms in total. The van der Waals surface area contributed by atoms with E-state index in [2.05, 4.69) is 4.98 Å². The molecule has 0 atom stereocenters. The van der Waals surface area contributed by atoms with Crippen LogP contribution >= 0.6 is 0 Å². The Balaban J connectivity index is 2.22. The quantitative estimate of drug-likeness (QED) is 0.584. The van der Waals surface area contributed by atoms with E-state index in [-0.39, 0.29) is 5.69 Å². The molecular formula is C16H14N4O4. The molecule has 2 heterocycles. The molecule has 2 aromatic heterocycles. The van der Waals surface area contributed by atoms with Crippen LogP contribution in [0, 0.1) is 10.1 Å². The summed E-state index contributed by atoms with van der Waals surface area (Å²) in [5, 5.41) is 12.2. The normalized spacial score (nSPS) is 11.4. The highest BCUT2D eigenvalue weighted by Crippen LogP contribution is 2.21. The molecule has 1 N–H and O–H groups in total. The molecular weight excluding hydrogens is 312 g/mol. The monoisotopic (exact) mass is 326 g/mol. The molecule has 122 valence electrons. The van der Waals surface area contributed by atoms with E-state index in [9.17, 15) is 19.7 Å². The summed E-state index contributed by atoms with van der Waals surface area (Å²) in [6.45, 7) is 0. The summed E-state index contributed by atoms with van der Waals surface area (Å²) in [6.07, 6.45) is 4.81. The van der Waals surface area contributed by atoms with Gasteiger partial charge in [-0.1, -0.05) is 24.3 Å². The Bertz CT molecular complexity index is 1100. The van der Waals surface area contributed by atoms with Gasteiger partial charge in [0.15, 0.2) is 0 Å². The first-order valence-electron chi connectivity index (χ1n) is 7.10. The Morgan fingerprint density at radius 2 is 1.83 bits per heavy atom. The predicted octanol–water partition coefficient (Wildman–Crippen LogP) is 1.64. The lowest BCUT2D eigenvalue weighted by molar-refractivity contribution is -0.387. The molecule has 0 radical (unpaired) electrons. The first-order chi connectivity index (χ1) is 11.4. The van der Waals surface area contributed by atoms with Crippen molar-refractivity contribution in [3.63, 3.8) is 0 Å². The van der Waals surface area contributed by atoms with Gasteiger partial charge in [0.05, 0.1) is 4.92 Å². The first-order valence-corrected chi connectivity index (χ1v) is 7.10. The van der Waals surface area contributed by atoms with Crippen LogP contribution in [-0.4, -0.2) is 19.0 Å². The van der Waals surface area contributed by atoms with Crippen LogP contribution in [0.15, 0.2) is 40.1 Å². The summed E-state index contributed by atoms with van der Waals surface area (Å²) < 4.78 is 1.81. The van der Waals surface area contributed by atoms with Gasteiger partial charge in [0.2, 0.25) is 0 Å². The SMILES string of the molecule is Cn1c(/C=C/c2c[nH]c3ccccc23)c([N+](=O)[O-])c(=O)n(C)c1=O. The van der Waals surface area contributed by atoms with Crippen LogP contribution in [0.25, 0.3) is 23.1 Å². The lowest BCUT2D eigenvalue weighted by Crippen LogP contribution is -2.39. The lowest BCUT2D eigenvalue weighted by Gasteiger charge is -2.06. The minimum absolute atomic E-state index is 0.0432. The number of hydrogen-bond acceptors (Lipinski definition) is 4. The summed E-state index contributed by atoms with van der Waals surface area (Å²) in [5.74, 6) is 0. The largest absolute Gasteiger partial charge is 0.361 e. The molecule has 3 aromatic rings. The number of nitro groups is 1. The molecule has 0 bridgehead atoms. The van der Waals surface area contributed by atoms with Gasteiger partial charge in [-0.25, -0.2) is 4.79 Å². The van der Waals surface area contributed by atoms with Crippen molar-refractivity contribution >= 4 is 28.7 Å². The number of benzene rings is 1. The molecule has 0 amide bonds. The number of nitrogens with one attached hydrogen (secondary N) is 1. The van der Waals surface area contributed by atoms with Gasteiger partial charge in [-0.3, -0.25) is 24.0 Å². The smallest absolute Gasteiger partial charge is 0.357 e. The van der Waals surface area contributed by atoms with Gasteiger partial charge in [-0.05, 0) is 17.7 Å². The summed E-state index contributed by atoms with van der Waals surface area (Å²) in [6, 6.07) is 7.58. The highest BCUT2D eigenvalue weighted by molar-refractivity contribution is 5.91. The average Bonchev–Trinajstić information content (AvgIpc) is 2.98. The van der Waals surface area contributed by atoms with E-state index in [4.69, 9.17) is 0 Å². The molecule has 0 unspecified atom stereocenters. The minimum atomic E-state index is -0.929. The van der Waals surface area contributed by atoms with Gasteiger partial charge in [0.25, 0.3) is 0 Å². The topological polar surface area (TPSA) is 103 Å². The van der Waals surface area contributed by atoms with Crippen molar-refractivity contribution in [2.75, 3.05) is 0 Å². The highest BCUT2D eigenvalue weighted by atomic mass is 16.6. The van der Waals surface area contributed by atoms with E-state index in [1.807, 2.05) is 24.3 Å². The molecule has 0 aliphatic carbocycles. The fraction of sp³-hybridized carbons (Fsp3) is 0.125. The van der Waals surface area contributed by atoms with Crippen LogP contribution in [0.2, 0.25) is 0 Å². The molecule has 1 aromatic carbocycles. The van der Waals surface area contributed by atoms with Gasteiger partial charge in [0, 0.05) is 31.2 Å². The zero-order valence-electron chi connectivity index (χ0n) is 13.0. The Labute approximate surface area is 135 Å². The van der Waals surface area contributed by atoms with Crippen molar-refractivity contribution in [3.8, 4) is 0 Å². The van der Waals surface area contributed by atoms with Crippen LogP contribution < -0.4 is 11.2 Å². The number of hydrogen-bond donors (Lipinski definition) is 1. The van der Waals surface area contributed by atoms with Crippen LogP contribution in [0.5, 0.6) is 0 Å². The minimum Gasteiger partial charge on any atom is -0.361 e. The Morgan fingerprint density at radius 1 is 1.12 bits per heavy atom. The second kappa shape index (κ2) is 5.65. The number of aromatic nitrogens is 3. The zero-order valence-corrected chi connectivity index (χ0v) is 13.0. The zero-order chi connectivity index (χ0) is 17.4. The van der Waals surface area contributed by atoms with E-state index in [0.29, 0.717) is 0 Å². The molecule has 24 heavy (non-hydrogen) atoms. The molecule has 0 aliphatic rings. The molecule has 8 heteroatoms. The lowest BCUT2D eigenvalue weighted by atomic mass is 10.1. The van der Waals surface area contributed by atoms with Crippen LogP contribution in [0.4, 0.5) is 5.69 Å². The van der Waals surface area contributed by atoms with E-state index < -0.39 is 21.9 Å². The Hall–Kier alpha value is -3.42. The van der Waals surface area contributed by atoms with E-state index in [1.54, 1.807) is 12.3 Å². The van der Waals surface area contributed by atoms with Gasteiger partial charge in [-0.15, -0.1) is 0 Å². The number of rotatable bonds is 3. The molecule has 0 aliphatic heterocycles. The van der Waals surface area contributed by atoms with Crippen molar-refractivity contribution in [2.24, 2.45) is 14.1 Å². The highest BCUT2D eigenvalue weighted by Gasteiger charge is 2.23. The molecule has 0 saturated heterocycles. The Morgan fingerprint density at radius 3 is 2.54 bits per heavy atom. The second-order valence-electron chi connectivity index (χ2n) is 5.32. The van der Waals surface area contributed by atoms with Gasteiger partial charge in [0.1, 0.15) is 5.69 Å².